The summed E-state index contributed by atoms with van der Waals surface area (Å²) in [6.45, 7) is 3.47. The molecule has 104 valence electrons. The Morgan fingerprint density at radius 2 is 2.21 bits per heavy atom. The number of aromatic amines is 1. The van der Waals surface area contributed by atoms with Gasteiger partial charge < -0.3 is 10.6 Å². The first kappa shape index (κ1) is 13.7. The smallest absolute Gasteiger partial charge is 0.226 e. The molecule has 0 amide bonds. The average Bonchev–Trinajstić information content (AvgIpc) is 2.83. The van der Waals surface area contributed by atoms with Crippen LogP contribution in [0.2, 0.25) is 0 Å². The number of hydrogen-bond donors (Lipinski definition) is 3. The van der Waals surface area contributed by atoms with Crippen molar-refractivity contribution in [3.63, 3.8) is 0 Å². The lowest BCUT2D eigenvalue weighted by Crippen LogP contribution is -2.10. The molecule has 2 heterocycles. The maximum Gasteiger partial charge on any atom is 0.226 e. The summed E-state index contributed by atoms with van der Waals surface area (Å²) in [6, 6.07) is 0. The molecule has 1 unspecified atom stereocenters. The van der Waals surface area contributed by atoms with Gasteiger partial charge in [-0.25, -0.2) is 0 Å². The van der Waals surface area contributed by atoms with Gasteiger partial charge in [0.05, 0.1) is 11.6 Å². The molecule has 0 fully saturated rings. The molecule has 7 nitrogen and oxygen atoms in total. The molecule has 0 saturated carbocycles. The lowest BCUT2D eigenvalue weighted by molar-refractivity contribution is 0.685. The van der Waals surface area contributed by atoms with Crippen LogP contribution in [-0.2, 0) is 10.8 Å². The number of nitrogens with zero attached hydrogens (tertiary/aromatic N) is 3. The molecular formula is C11H18N6OS. The SMILES string of the molecule is CCNc1nc(NCCCS(C)=O)c2cn[nH]c2n1. The Labute approximate surface area is 114 Å². The maximum atomic E-state index is 11.0. The fourth-order valence-electron chi connectivity index (χ4n) is 1.69. The van der Waals surface area contributed by atoms with Crippen molar-refractivity contribution in [3.8, 4) is 0 Å². The van der Waals surface area contributed by atoms with Gasteiger partial charge in [0.25, 0.3) is 0 Å². The molecule has 0 saturated heterocycles. The Morgan fingerprint density at radius 3 is 2.95 bits per heavy atom. The Hall–Kier alpha value is -1.70. The van der Waals surface area contributed by atoms with Crippen LogP contribution in [0.25, 0.3) is 11.0 Å². The molecule has 1 atom stereocenters. The highest BCUT2D eigenvalue weighted by molar-refractivity contribution is 7.84. The van der Waals surface area contributed by atoms with Crippen LogP contribution in [0.5, 0.6) is 0 Å². The third-order valence-corrected chi connectivity index (χ3v) is 3.41. The predicted octanol–water partition coefficient (Wildman–Crippen LogP) is 0.965. The average molecular weight is 282 g/mol. The molecule has 2 aromatic rings. The molecule has 0 aromatic carbocycles. The zero-order valence-corrected chi connectivity index (χ0v) is 11.9. The van der Waals surface area contributed by atoms with Crippen LogP contribution in [-0.4, -0.2) is 49.5 Å². The molecule has 2 aromatic heterocycles. The minimum absolute atomic E-state index is 0.570. The largest absolute Gasteiger partial charge is 0.369 e. The third kappa shape index (κ3) is 3.63. The molecule has 3 N–H and O–H groups in total. The van der Waals surface area contributed by atoms with Gasteiger partial charge in [-0.3, -0.25) is 9.31 Å². The second kappa shape index (κ2) is 6.46. The second-order valence-corrected chi connectivity index (χ2v) is 5.67. The van der Waals surface area contributed by atoms with Gasteiger partial charge in [-0.2, -0.15) is 15.1 Å². The summed E-state index contributed by atoms with van der Waals surface area (Å²) in [7, 11) is -0.754. The van der Waals surface area contributed by atoms with E-state index in [0.29, 0.717) is 17.3 Å². The van der Waals surface area contributed by atoms with E-state index in [2.05, 4.69) is 30.8 Å². The van der Waals surface area contributed by atoms with Gasteiger partial charge in [0, 0.05) is 35.9 Å². The van der Waals surface area contributed by atoms with Gasteiger partial charge in [-0.05, 0) is 13.3 Å². The fraction of sp³-hybridized carbons (Fsp3) is 0.545. The van der Waals surface area contributed by atoms with Gasteiger partial charge in [-0.15, -0.1) is 0 Å². The molecule has 0 aliphatic rings. The van der Waals surface area contributed by atoms with Crippen LogP contribution in [0.4, 0.5) is 11.8 Å². The third-order valence-electron chi connectivity index (χ3n) is 2.55. The summed E-state index contributed by atoms with van der Waals surface area (Å²) in [5.74, 6) is 2.00. The summed E-state index contributed by atoms with van der Waals surface area (Å²) in [5, 5.41) is 14.0. The Bertz CT molecular complexity index is 569. The molecule has 19 heavy (non-hydrogen) atoms. The highest BCUT2D eigenvalue weighted by Gasteiger charge is 2.08. The molecule has 0 spiro atoms. The molecule has 8 heteroatoms. The molecule has 0 aliphatic heterocycles. The van der Waals surface area contributed by atoms with E-state index < -0.39 is 10.8 Å². The summed E-state index contributed by atoms with van der Waals surface area (Å²) in [6.07, 6.45) is 4.25. The Morgan fingerprint density at radius 1 is 1.37 bits per heavy atom. The number of nitrogens with one attached hydrogen (secondary N) is 3. The normalized spacial score (nSPS) is 12.5. The van der Waals surface area contributed by atoms with Gasteiger partial charge in [0.2, 0.25) is 5.95 Å². The van der Waals surface area contributed by atoms with E-state index in [1.807, 2.05) is 6.92 Å². The predicted molar refractivity (Wildman–Crippen MR) is 77.9 cm³/mol. The van der Waals surface area contributed by atoms with E-state index in [1.165, 1.54) is 0 Å². The van der Waals surface area contributed by atoms with Crippen LogP contribution in [0.1, 0.15) is 13.3 Å². The maximum absolute atomic E-state index is 11.0. The van der Waals surface area contributed by atoms with Crippen molar-refractivity contribution in [2.24, 2.45) is 0 Å². The van der Waals surface area contributed by atoms with Gasteiger partial charge >= 0.3 is 0 Å². The van der Waals surface area contributed by atoms with E-state index in [4.69, 9.17) is 0 Å². The first-order chi connectivity index (χ1) is 9.20. The lowest BCUT2D eigenvalue weighted by atomic mass is 10.3. The van der Waals surface area contributed by atoms with E-state index in [9.17, 15) is 4.21 Å². The topological polar surface area (TPSA) is 95.6 Å². The minimum atomic E-state index is -0.754. The summed E-state index contributed by atoms with van der Waals surface area (Å²) >= 11 is 0. The highest BCUT2D eigenvalue weighted by Crippen LogP contribution is 2.19. The fourth-order valence-corrected chi connectivity index (χ4v) is 2.24. The summed E-state index contributed by atoms with van der Waals surface area (Å²) in [5.41, 5.74) is 0.701. The molecule has 0 aliphatic carbocycles. The van der Waals surface area contributed by atoms with Crippen molar-refractivity contribution in [1.29, 1.82) is 0 Å². The monoisotopic (exact) mass is 282 g/mol. The van der Waals surface area contributed by atoms with Crippen LogP contribution in [0.3, 0.4) is 0 Å². The minimum Gasteiger partial charge on any atom is -0.369 e. The molecular weight excluding hydrogens is 264 g/mol. The number of aromatic nitrogens is 4. The van der Waals surface area contributed by atoms with E-state index in [1.54, 1.807) is 12.5 Å². The second-order valence-electron chi connectivity index (χ2n) is 4.12. The van der Waals surface area contributed by atoms with Crippen LogP contribution in [0, 0.1) is 0 Å². The van der Waals surface area contributed by atoms with Crippen LogP contribution < -0.4 is 10.6 Å². The van der Waals surface area contributed by atoms with E-state index in [0.717, 1.165) is 30.7 Å². The van der Waals surface area contributed by atoms with Crippen molar-refractivity contribution in [2.75, 3.05) is 35.7 Å². The number of hydrogen-bond acceptors (Lipinski definition) is 6. The first-order valence-electron chi connectivity index (χ1n) is 6.19. The van der Waals surface area contributed by atoms with Gasteiger partial charge in [0.1, 0.15) is 5.82 Å². The lowest BCUT2D eigenvalue weighted by Gasteiger charge is -2.08. The van der Waals surface area contributed by atoms with Crippen molar-refractivity contribution in [1.82, 2.24) is 20.2 Å². The van der Waals surface area contributed by atoms with E-state index in [-0.39, 0.29) is 0 Å². The molecule has 0 radical (unpaired) electrons. The van der Waals surface area contributed by atoms with Crippen LogP contribution in [0.15, 0.2) is 6.20 Å². The van der Waals surface area contributed by atoms with Crippen molar-refractivity contribution < 1.29 is 4.21 Å². The number of anilines is 2. The van der Waals surface area contributed by atoms with Crippen molar-refractivity contribution in [3.05, 3.63) is 6.20 Å². The number of fused-ring (bicyclic) bond motifs is 1. The van der Waals surface area contributed by atoms with Crippen molar-refractivity contribution in [2.45, 2.75) is 13.3 Å². The van der Waals surface area contributed by atoms with E-state index >= 15 is 0 Å². The highest BCUT2D eigenvalue weighted by atomic mass is 32.2. The molecule has 0 bridgehead atoms. The summed E-state index contributed by atoms with van der Waals surface area (Å²) in [4.78, 5) is 8.72. The van der Waals surface area contributed by atoms with Gasteiger partial charge in [-0.1, -0.05) is 0 Å². The molecule has 2 rings (SSSR count). The van der Waals surface area contributed by atoms with Crippen molar-refractivity contribution >= 4 is 33.6 Å². The standard InChI is InChI=1S/C11H18N6OS/c1-3-12-11-15-9(13-5-4-6-19(2)18)8-7-14-17-10(8)16-11/h7H,3-6H2,1-2H3,(H3,12,13,14,15,16,17). The zero-order chi connectivity index (χ0) is 13.7. The Balaban J connectivity index is 2.11. The van der Waals surface area contributed by atoms with Gasteiger partial charge in [0.15, 0.2) is 5.65 Å². The number of H-pyrrole nitrogens is 1. The Kier molecular flexibility index (Phi) is 4.67. The first-order valence-corrected chi connectivity index (χ1v) is 7.92. The van der Waals surface area contributed by atoms with Crippen LogP contribution >= 0.6 is 0 Å². The quantitative estimate of drug-likeness (QED) is 0.655. The zero-order valence-electron chi connectivity index (χ0n) is 11.1. The summed E-state index contributed by atoms with van der Waals surface area (Å²) < 4.78 is 11.0. The number of rotatable bonds is 7.